The van der Waals surface area contributed by atoms with Crippen LogP contribution in [0.4, 0.5) is 10.5 Å². The highest BCUT2D eigenvalue weighted by atomic mass is 16.5. The van der Waals surface area contributed by atoms with Crippen LogP contribution in [0.15, 0.2) is 60.2 Å². The number of imide groups is 2. The molecule has 168 valence electrons. The first-order chi connectivity index (χ1) is 15.8. The van der Waals surface area contributed by atoms with E-state index >= 15 is 0 Å². The number of urea groups is 1. The lowest BCUT2D eigenvalue weighted by atomic mass is 10.1. The summed E-state index contributed by atoms with van der Waals surface area (Å²) >= 11 is 0. The standard InChI is InChI=1S/C26H25N3O4/c1-5-18-6-8-20(9-7-18)28-16(2)14-19(17(28)3)15-23-24(30)27-26(32)29(25(23)31)21-10-12-22(33-4)13-11-21/h6-15H,5H2,1-4H3,(H,27,30,32)/b23-15+. The lowest BCUT2D eigenvalue weighted by molar-refractivity contribution is -0.122. The van der Waals surface area contributed by atoms with Gasteiger partial charge in [0.15, 0.2) is 0 Å². The van der Waals surface area contributed by atoms with E-state index in [1.807, 2.05) is 19.9 Å². The molecular weight excluding hydrogens is 418 g/mol. The van der Waals surface area contributed by atoms with Gasteiger partial charge in [-0.3, -0.25) is 14.9 Å². The number of aromatic nitrogens is 1. The van der Waals surface area contributed by atoms with Gasteiger partial charge in [-0.15, -0.1) is 0 Å². The minimum atomic E-state index is -0.784. The number of rotatable bonds is 5. The summed E-state index contributed by atoms with van der Waals surface area (Å²) in [5.74, 6) is -0.798. The van der Waals surface area contributed by atoms with E-state index in [1.165, 1.54) is 12.7 Å². The molecule has 4 amide bonds. The molecule has 7 nitrogen and oxygen atoms in total. The highest BCUT2D eigenvalue weighted by Crippen LogP contribution is 2.27. The lowest BCUT2D eigenvalue weighted by Gasteiger charge is -2.26. The van der Waals surface area contributed by atoms with Crippen LogP contribution in [0.3, 0.4) is 0 Å². The summed E-state index contributed by atoms with van der Waals surface area (Å²) in [4.78, 5) is 39.1. The molecule has 0 saturated carbocycles. The second kappa shape index (κ2) is 8.78. The maximum absolute atomic E-state index is 13.2. The Balaban J connectivity index is 1.72. The number of amides is 4. The number of hydrogen-bond acceptors (Lipinski definition) is 4. The second-order valence-corrected chi connectivity index (χ2v) is 7.84. The van der Waals surface area contributed by atoms with Crippen LogP contribution < -0.4 is 15.0 Å². The van der Waals surface area contributed by atoms with Crippen molar-refractivity contribution in [1.29, 1.82) is 0 Å². The number of nitrogens with zero attached hydrogens (tertiary/aromatic N) is 2. The van der Waals surface area contributed by atoms with Crippen LogP contribution in [0.1, 0.15) is 29.4 Å². The topological polar surface area (TPSA) is 80.6 Å². The first-order valence-corrected chi connectivity index (χ1v) is 10.7. The fraction of sp³-hybridized carbons (Fsp3) is 0.192. The molecule has 33 heavy (non-hydrogen) atoms. The third-order valence-corrected chi connectivity index (χ3v) is 5.81. The molecule has 1 aromatic heterocycles. The molecule has 3 aromatic rings. The molecule has 0 atom stereocenters. The van der Waals surface area contributed by atoms with Crippen LogP contribution in [0.5, 0.6) is 5.75 Å². The fourth-order valence-corrected chi connectivity index (χ4v) is 3.99. The smallest absolute Gasteiger partial charge is 0.335 e. The SMILES string of the molecule is CCc1ccc(-n2c(C)cc(/C=C3\C(=O)NC(=O)N(c4ccc(OC)cc4)C3=O)c2C)cc1. The fourth-order valence-electron chi connectivity index (χ4n) is 3.99. The van der Waals surface area contributed by atoms with Crippen LogP contribution >= 0.6 is 0 Å². The van der Waals surface area contributed by atoms with E-state index in [0.717, 1.165) is 34.0 Å². The average molecular weight is 444 g/mol. The molecule has 0 spiro atoms. The summed E-state index contributed by atoms with van der Waals surface area (Å²) in [6.07, 6.45) is 2.50. The Bertz CT molecular complexity index is 1270. The molecule has 1 fully saturated rings. The van der Waals surface area contributed by atoms with Crippen LogP contribution in [-0.4, -0.2) is 29.5 Å². The second-order valence-electron chi connectivity index (χ2n) is 7.84. The maximum Gasteiger partial charge on any atom is 0.335 e. The zero-order chi connectivity index (χ0) is 23.7. The Labute approximate surface area is 192 Å². The molecule has 2 aromatic carbocycles. The third-order valence-electron chi connectivity index (χ3n) is 5.81. The third kappa shape index (κ3) is 4.05. The first kappa shape index (κ1) is 22.1. The molecule has 0 unspecified atom stereocenters. The minimum Gasteiger partial charge on any atom is -0.497 e. The van der Waals surface area contributed by atoms with Crippen molar-refractivity contribution in [3.63, 3.8) is 0 Å². The molecule has 1 saturated heterocycles. The summed E-state index contributed by atoms with van der Waals surface area (Å²) in [5.41, 5.74) is 5.07. The predicted octanol–water partition coefficient (Wildman–Crippen LogP) is 4.33. The Kier molecular flexibility index (Phi) is 5.87. The van der Waals surface area contributed by atoms with Crippen molar-refractivity contribution in [2.75, 3.05) is 12.0 Å². The summed E-state index contributed by atoms with van der Waals surface area (Å²) in [7, 11) is 1.53. The van der Waals surface area contributed by atoms with Crippen LogP contribution in [0.25, 0.3) is 11.8 Å². The molecule has 0 bridgehead atoms. The largest absolute Gasteiger partial charge is 0.497 e. The average Bonchev–Trinajstić information content (AvgIpc) is 3.09. The van der Waals surface area contributed by atoms with Gasteiger partial charge in [0.2, 0.25) is 0 Å². The van der Waals surface area contributed by atoms with Crippen LogP contribution in [0, 0.1) is 13.8 Å². The Morgan fingerprint density at radius 3 is 2.18 bits per heavy atom. The number of methoxy groups -OCH3 is 1. The van der Waals surface area contributed by atoms with Crippen molar-refractivity contribution in [2.45, 2.75) is 27.2 Å². The van der Waals surface area contributed by atoms with Crippen molar-refractivity contribution >= 4 is 29.6 Å². The maximum atomic E-state index is 13.2. The van der Waals surface area contributed by atoms with Gasteiger partial charge in [-0.2, -0.15) is 0 Å². The minimum absolute atomic E-state index is 0.105. The zero-order valence-electron chi connectivity index (χ0n) is 19.0. The van der Waals surface area contributed by atoms with Gasteiger partial charge in [-0.05, 0) is 79.9 Å². The summed E-state index contributed by atoms with van der Waals surface area (Å²) in [5, 5.41) is 2.26. The number of nitrogens with one attached hydrogen (secondary N) is 1. The molecular formula is C26H25N3O4. The van der Waals surface area contributed by atoms with Gasteiger partial charge in [0.25, 0.3) is 11.8 Å². The molecule has 0 aliphatic carbocycles. The monoisotopic (exact) mass is 443 g/mol. The van der Waals surface area contributed by atoms with Gasteiger partial charge in [0, 0.05) is 17.1 Å². The van der Waals surface area contributed by atoms with E-state index in [2.05, 4.69) is 41.1 Å². The Morgan fingerprint density at radius 1 is 0.939 bits per heavy atom. The van der Waals surface area contributed by atoms with Gasteiger partial charge in [-0.25, -0.2) is 9.69 Å². The number of carbonyl (C=O) groups is 3. The molecule has 7 heteroatoms. The van der Waals surface area contributed by atoms with E-state index in [-0.39, 0.29) is 5.57 Å². The van der Waals surface area contributed by atoms with Crippen molar-refractivity contribution in [3.8, 4) is 11.4 Å². The number of benzene rings is 2. The van der Waals surface area contributed by atoms with Gasteiger partial charge >= 0.3 is 6.03 Å². The highest BCUT2D eigenvalue weighted by molar-refractivity contribution is 6.39. The van der Waals surface area contributed by atoms with E-state index in [1.54, 1.807) is 30.3 Å². The summed E-state index contributed by atoms with van der Waals surface area (Å²) < 4.78 is 7.20. The number of ether oxygens (including phenoxy) is 1. The van der Waals surface area contributed by atoms with Crippen molar-refractivity contribution in [2.24, 2.45) is 0 Å². The van der Waals surface area contributed by atoms with Crippen LogP contribution in [-0.2, 0) is 16.0 Å². The molecule has 0 radical (unpaired) electrons. The number of aryl methyl sites for hydroxylation is 2. The first-order valence-electron chi connectivity index (χ1n) is 10.7. The van der Waals surface area contributed by atoms with Crippen LogP contribution in [0.2, 0.25) is 0 Å². The zero-order valence-corrected chi connectivity index (χ0v) is 19.0. The van der Waals surface area contributed by atoms with Gasteiger partial charge in [0.05, 0.1) is 12.8 Å². The molecule has 1 aliphatic heterocycles. The van der Waals surface area contributed by atoms with Crippen molar-refractivity contribution in [3.05, 3.63) is 82.7 Å². The number of barbiturate groups is 1. The Hall–Kier alpha value is -4.13. The van der Waals surface area contributed by atoms with E-state index < -0.39 is 17.8 Å². The highest BCUT2D eigenvalue weighted by Gasteiger charge is 2.37. The summed E-state index contributed by atoms with van der Waals surface area (Å²) in [6.45, 7) is 6.01. The van der Waals surface area contributed by atoms with Gasteiger partial charge in [-0.1, -0.05) is 19.1 Å². The van der Waals surface area contributed by atoms with Gasteiger partial charge < -0.3 is 9.30 Å². The van der Waals surface area contributed by atoms with E-state index in [4.69, 9.17) is 4.74 Å². The molecule has 1 aliphatic rings. The predicted molar refractivity (Wildman–Crippen MR) is 127 cm³/mol. The molecule has 1 N–H and O–H groups in total. The lowest BCUT2D eigenvalue weighted by Crippen LogP contribution is -2.54. The number of carbonyl (C=O) groups excluding carboxylic acids is 3. The number of anilines is 1. The molecule has 2 heterocycles. The summed E-state index contributed by atoms with van der Waals surface area (Å²) in [6, 6.07) is 15.9. The Morgan fingerprint density at radius 2 is 1.58 bits per heavy atom. The van der Waals surface area contributed by atoms with Gasteiger partial charge in [0.1, 0.15) is 11.3 Å². The quantitative estimate of drug-likeness (QED) is 0.470. The van der Waals surface area contributed by atoms with E-state index in [9.17, 15) is 14.4 Å². The normalized spacial score (nSPS) is 15.2. The number of hydrogen-bond donors (Lipinski definition) is 1. The van der Waals surface area contributed by atoms with Crippen molar-refractivity contribution < 1.29 is 19.1 Å². The van der Waals surface area contributed by atoms with E-state index in [0.29, 0.717) is 11.4 Å². The molecule has 4 rings (SSSR count). The van der Waals surface area contributed by atoms with Crippen molar-refractivity contribution in [1.82, 2.24) is 9.88 Å².